The molecular formula is C22H24N2O4S3. The lowest BCUT2D eigenvalue weighted by Gasteiger charge is -2.25. The highest BCUT2D eigenvalue weighted by Gasteiger charge is 2.18. The molecule has 164 valence electrons. The number of anilines is 2. The molecule has 3 aromatic rings. The normalized spacial score (nSPS) is 15.0. The third kappa shape index (κ3) is 6.00. The molecule has 0 unspecified atom stereocenters. The van der Waals surface area contributed by atoms with E-state index in [1.165, 1.54) is 6.26 Å². The predicted molar refractivity (Wildman–Crippen MR) is 125 cm³/mol. The Bertz CT molecular complexity index is 1140. The second-order valence-corrected chi connectivity index (χ2v) is 11.7. The highest BCUT2D eigenvalue weighted by molar-refractivity contribution is 7.99. The number of sulfone groups is 1. The molecule has 0 aliphatic carbocycles. The lowest BCUT2D eigenvalue weighted by molar-refractivity contribution is 0.0245. The van der Waals surface area contributed by atoms with Crippen LogP contribution in [-0.4, -0.2) is 39.0 Å². The molecule has 0 atom stereocenters. The fraction of sp³-hybridized carbons (Fsp3) is 0.318. The number of aromatic nitrogens is 1. The van der Waals surface area contributed by atoms with Crippen molar-refractivity contribution >= 4 is 43.8 Å². The third-order valence-corrected chi connectivity index (χ3v) is 7.78. The van der Waals surface area contributed by atoms with Crippen molar-refractivity contribution in [2.24, 2.45) is 0 Å². The standard InChI is InChI=1S/C22H24N2O4S3/c1-15-14-23-22(29-15)24-16-3-8-21(20(13-16)28-17-9-11-27-12-10-17)30-18-4-6-19(7-5-18)31(2,25)26/h3-8,13-14,17H,9-12H2,1-2H3,(H,23,24). The molecule has 1 N–H and O–H groups in total. The first-order valence-corrected chi connectivity index (χ1v) is 13.5. The molecule has 1 fully saturated rings. The van der Waals surface area contributed by atoms with E-state index in [0.717, 1.165) is 44.1 Å². The highest BCUT2D eigenvalue weighted by Crippen LogP contribution is 2.39. The van der Waals surface area contributed by atoms with Crippen LogP contribution in [0.15, 0.2) is 63.3 Å². The number of aryl methyl sites for hydroxylation is 1. The quantitative estimate of drug-likeness (QED) is 0.495. The van der Waals surface area contributed by atoms with Gasteiger partial charge in [-0.1, -0.05) is 11.8 Å². The molecule has 1 saturated heterocycles. The van der Waals surface area contributed by atoms with Crippen LogP contribution in [0, 0.1) is 6.92 Å². The van der Waals surface area contributed by atoms with Crippen molar-refractivity contribution in [2.45, 2.75) is 40.6 Å². The van der Waals surface area contributed by atoms with Gasteiger partial charge in [0.15, 0.2) is 15.0 Å². The second kappa shape index (κ2) is 9.60. The van der Waals surface area contributed by atoms with Gasteiger partial charge in [-0.05, 0) is 43.3 Å². The number of benzene rings is 2. The van der Waals surface area contributed by atoms with E-state index in [1.54, 1.807) is 35.2 Å². The van der Waals surface area contributed by atoms with Gasteiger partial charge in [0, 0.05) is 46.8 Å². The van der Waals surface area contributed by atoms with Crippen LogP contribution in [0.5, 0.6) is 5.75 Å². The van der Waals surface area contributed by atoms with Gasteiger partial charge in [-0.15, -0.1) is 11.3 Å². The first-order valence-electron chi connectivity index (χ1n) is 9.93. The summed E-state index contributed by atoms with van der Waals surface area (Å²) in [5, 5.41) is 4.18. The van der Waals surface area contributed by atoms with Crippen LogP contribution >= 0.6 is 23.1 Å². The molecular weight excluding hydrogens is 452 g/mol. The number of hydrogen-bond donors (Lipinski definition) is 1. The van der Waals surface area contributed by atoms with Crippen LogP contribution in [0.2, 0.25) is 0 Å². The number of thiazole rings is 1. The molecule has 0 saturated carbocycles. The number of nitrogens with one attached hydrogen (secondary N) is 1. The minimum absolute atomic E-state index is 0.109. The minimum atomic E-state index is -3.21. The molecule has 2 heterocycles. The van der Waals surface area contributed by atoms with Gasteiger partial charge in [0.1, 0.15) is 11.9 Å². The Morgan fingerprint density at radius 2 is 1.90 bits per heavy atom. The largest absolute Gasteiger partial charge is 0.489 e. The summed E-state index contributed by atoms with van der Waals surface area (Å²) in [7, 11) is -3.21. The summed E-state index contributed by atoms with van der Waals surface area (Å²) in [6.07, 6.45) is 4.88. The smallest absolute Gasteiger partial charge is 0.187 e. The number of rotatable bonds is 7. The van der Waals surface area contributed by atoms with Gasteiger partial charge in [-0.3, -0.25) is 0 Å². The molecule has 1 aliphatic rings. The first-order chi connectivity index (χ1) is 14.9. The van der Waals surface area contributed by atoms with Gasteiger partial charge in [0.2, 0.25) is 0 Å². The summed E-state index contributed by atoms with van der Waals surface area (Å²) in [5.41, 5.74) is 0.910. The predicted octanol–water partition coefficient (Wildman–Crippen LogP) is 5.31. The van der Waals surface area contributed by atoms with E-state index in [-0.39, 0.29) is 6.10 Å². The second-order valence-electron chi connectivity index (χ2n) is 7.34. The van der Waals surface area contributed by atoms with Crippen LogP contribution in [0.4, 0.5) is 10.8 Å². The van der Waals surface area contributed by atoms with E-state index >= 15 is 0 Å². The average molecular weight is 477 g/mol. The Morgan fingerprint density at radius 3 is 2.55 bits per heavy atom. The molecule has 0 spiro atoms. The summed E-state index contributed by atoms with van der Waals surface area (Å²) < 4.78 is 35.3. The van der Waals surface area contributed by atoms with E-state index in [1.807, 2.05) is 43.5 Å². The van der Waals surface area contributed by atoms with E-state index < -0.39 is 9.84 Å². The molecule has 1 aliphatic heterocycles. The van der Waals surface area contributed by atoms with Crippen LogP contribution in [-0.2, 0) is 14.6 Å². The highest BCUT2D eigenvalue weighted by atomic mass is 32.2. The van der Waals surface area contributed by atoms with Gasteiger partial charge in [-0.25, -0.2) is 13.4 Å². The molecule has 2 aromatic carbocycles. The van der Waals surface area contributed by atoms with Gasteiger partial charge >= 0.3 is 0 Å². The number of nitrogens with zero attached hydrogens (tertiary/aromatic N) is 1. The zero-order valence-corrected chi connectivity index (χ0v) is 19.8. The molecule has 0 bridgehead atoms. The Balaban J connectivity index is 1.58. The van der Waals surface area contributed by atoms with Gasteiger partial charge < -0.3 is 14.8 Å². The Labute approximate surface area is 190 Å². The van der Waals surface area contributed by atoms with Crippen molar-refractivity contribution in [3.63, 3.8) is 0 Å². The van der Waals surface area contributed by atoms with Crippen molar-refractivity contribution in [1.29, 1.82) is 0 Å². The van der Waals surface area contributed by atoms with E-state index in [0.29, 0.717) is 18.1 Å². The van der Waals surface area contributed by atoms with E-state index in [4.69, 9.17) is 9.47 Å². The molecule has 6 nitrogen and oxygen atoms in total. The van der Waals surface area contributed by atoms with E-state index in [9.17, 15) is 8.42 Å². The van der Waals surface area contributed by atoms with E-state index in [2.05, 4.69) is 10.3 Å². The molecule has 0 amide bonds. The average Bonchev–Trinajstić information content (AvgIpc) is 3.15. The van der Waals surface area contributed by atoms with Crippen molar-refractivity contribution in [1.82, 2.24) is 4.98 Å². The van der Waals surface area contributed by atoms with Gasteiger partial charge in [-0.2, -0.15) is 0 Å². The van der Waals surface area contributed by atoms with Crippen molar-refractivity contribution < 1.29 is 17.9 Å². The maximum absolute atomic E-state index is 11.7. The van der Waals surface area contributed by atoms with Crippen LogP contribution < -0.4 is 10.1 Å². The maximum Gasteiger partial charge on any atom is 0.187 e. The van der Waals surface area contributed by atoms with Crippen molar-refractivity contribution in [3.8, 4) is 5.75 Å². The molecule has 31 heavy (non-hydrogen) atoms. The van der Waals surface area contributed by atoms with Gasteiger partial charge in [0.25, 0.3) is 0 Å². The fourth-order valence-electron chi connectivity index (χ4n) is 3.15. The minimum Gasteiger partial charge on any atom is -0.489 e. The Kier molecular flexibility index (Phi) is 6.86. The van der Waals surface area contributed by atoms with Crippen LogP contribution in [0.1, 0.15) is 17.7 Å². The van der Waals surface area contributed by atoms with Crippen LogP contribution in [0.3, 0.4) is 0 Å². The lowest BCUT2D eigenvalue weighted by Crippen LogP contribution is -2.26. The lowest BCUT2D eigenvalue weighted by atomic mass is 10.1. The molecule has 9 heteroatoms. The summed E-state index contributed by atoms with van der Waals surface area (Å²) >= 11 is 3.15. The Morgan fingerprint density at radius 1 is 1.16 bits per heavy atom. The summed E-state index contributed by atoms with van der Waals surface area (Å²) in [5.74, 6) is 0.794. The topological polar surface area (TPSA) is 77.5 Å². The molecule has 4 rings (SSSR count). The van der Waals surface area contributed by atoms with Gasteiger partial charge in [0.05, 0.1) is 23.0 Å². The summed E-state index contributed by atoms with van der Waals surface area (Å²) in [4.78, 5) is 7.75. The van der Waals surface area contributed by atoms with Crippen molar-refractivity contribution in [3.05, 3.63) is 53.5 Å². The summed E-state index contributed by atoms with van der Waals surface area (Å²) in [6, 6.07) is 12.9. The molecule has 1 aromatic heterocycles. The third-order valence-electron chi connectivity index (χ3n) is 4.76. The number of ether oxygens (including phenoxy) is 2. The maximum atomic E-state index is 11.7. The number of hydrogen-bond acceptors (Lipinski definition) is 8. The van der Waals surface area contributed by atoms with Crippen molar-refractivity contribution in [2.75, 3.05) is 24.8 Å². The zero-order chi connectivity index (χ0) is 21.8. The SMILES string of the molecule is Cc1cnc(Nc2ccc(Sc3ccc(S(C)(=O)=O)cc3)c(OC3CCOCC3)c2)s1. The Hall–Kier alpha value is -2.07. The zero-order valence-electron chi connectivity index (χ0n) is 17.3. The van der Waals surface area contributed by atoms with Crippen LogP contribution in [0.25, 0.3) is 0 Å². The molecule has 0 radical (unpaired) electrons. The summed E-state index contributed by atoms with van der Waals surface area (Å²) in [6.45, 7) is 3.43. The monoisotopic (exact) mass is 476 g/mol. The fourth-order valence-corrected chi connectivity index (χ4v) is 5.34. The first kappa shape index (κ1) is 22.1.